The van der Waals surface area contributed by atoms with Crippen molar-refractivity contribution in [2.75, 3.05) is 11.9 Å². The van der Waals surface area contributed by atoms with Crippen molar-refractivity contribution < 1.29 is 0 Å². The zero-order valence-electron chi connectivity index (χ0n) is 13.5. The molecule has 0 spiro atoms. The van der Waals surface area contributed by atoms with Crippen molar-refractivity contribution in [3.05, 3.63) is 77.6 Å². The summed E-state index contributed by atoms with van der Waals surface area (Å²) < 4.78 is 1.73. The van der Waals surface area contributed by atoms with Crippen LogP contribution in [-0.4, -0.2) is 15.9 Å². The molecular weight excluding hydrogens is 310 g/mol. The van der Waals surface area contributed by atoms with Crippen molar-refractivity contribution in [3.63, 3.8) is 0 Å². The standard InChI is InChI=1S/C21H15N3O/c1-2-12-22-16-11-10-14-19-13(16)6-5-7-15(19)21(25)24-18-9-4-3-8-17(18)23-20(14)24/h2-11,22H,1,12H2. The number of hydrogen-bond acceptors (Lipinski definition) is 3. The first kappa shape index (κ1) is 14.0. The number of rotatable bonds is 3. The minimum absolute atomic E-state index is 0.0253. The molecule has 3 aromatic carbocycles. The van der Waals surface area contributed by atoms with Crippen LogP contribution in [0.5, 0.6) is 0 Å². The van der Waals surface area contributed by atoms with Crippen LogP contribution < -0.4 is 10.9 Å². The molecule has 5 aromatic rings. The number of nitrogens with zero attached hydrogens (tertiary/aromatic N) is 2. The Balaban J connectivity index is 2.03. The maximum absolute atomic E-state index is 13.2. The van der Waals surface area contributed by atoms with Gasteiger partial charge < -0.3 is 5.32 Å². The van der Waals surface area contributed by atoms with E-state index in [0.29, 0.717) is 17.6 Å². The summed E-state index contributed by atoms with van der Waals surface area (Å²) in [6.07, 6.45) is 1.82. The molecule has 4 heteroatoms. The highest BCUT2D eigenvalue weighted by Crippen LogP contribution is 2.33. The van der Waals surface area contributed by atoms with Crippen molar-refractivity contribution in [1.29, 1.82) is 0 Å². The molecule has 0 aliphatic heterocycles. The number of anilines is 1. The summed E-state index contributed by atoms with van der Waals surface area (Å²) in [6.45, 7) is 4.43. The van der Waals surface area contributed by atoms with E-state index in [2.05, 4.69) is 11.9 Å². The molecule has 1 N–H and O–H groups in total. The van der Waals surface area contributed by atoms with Crippen molar-refractivity contribution in [3.8, 4) is 0 Å². The average Bonchev–Trinajstić information content (AvgIpc) is 3.04. The normalized spacial score (nSPS) is 11.7. The van der Waals surface area contributed by atoms with Crippen LogP contribution >= 0.6 is 0 Å². The van der Waals surface area contributed by atoms with Gasteiger partial charge in [-0.2, -0.15) is 0 Å². The summed E-state index contributed by atoms with van der Waals surface area (Å²) in [7, 11) is 0. The van der Waals surface area contributed by atoms with Gasteiger partial charge in [0.15, 0.2) is 0 Å². The number of nitrogens with one attached hydrogen (secondary N) is 1. The van der Waals surface area contributed by atoms with Crippen molar-refractivity contribution in [1.82, 2.24) is 9.38 Å². The number of benzene rings is 3. The molecule has 2 aromatic heterocycles. The molecule has 5 rings (SSSR count). The van der Waals surface area contributed by atoms with Crippen molar-refractivity contribution >= 4 is 43.9 Å². The van der Waals surface area contributed by atoms with Crippen LogP contribution in [0.15, 0.2) is 72.0 Å². The molecule has 25 heavy (non-hydrogen) atoms. The summed E-state index contributed by atoms with van der Waals surface area (Å²) in [5.74, 6) is 0. The molecule has 120 valence electrons. The SMILES string of the molecule is C=CCNc1ccc2c3c1cccc3c(=O)n1c3ccccc3nc21. The summed E-state index contributed by atoms with van der Waals surface area (Å²) in [6, 6.07) is 17.7. The lowest BCUT2D eigenvalue weighted by atomic mass is 10.0. The Bertz CT molecular complexity index is 1330. The Morgan fingerprint density at radius 1 is 1.00 bits per heavy atom. The molecule has 0 unspecified atom stereocenters. The van der Waals surface area contributed by atoms with Crippen LogP contribution in [0.4, 0.5) is 5.69 Å². The van der Waals surface area contributed by atoms with Gasteiger partial charge in [-0.3, -0.25) is 9.20 Å². The van der Waals surface area contributed by atoms with Gasteiger partial charge in [0.2, 0.25) is 0 Å². The molecule has 0 fully saturated rings. The Morgan fingerprint density at radius 2 is 1.84 bits per heavy atom. The van der Waals surface area contributed by atoms with Gasteiger partial charge in [0.05, 0.1) is 11.0 Å². The molecule has 0 saturated carbocycles. The Labute approximate surface area is 143 Å². The van der Waals surface area contributed by atoms with E-state index in [0.717, 1.165) is 32.9 Å². The van der Waals surface area contributed by atoms with E-state index in [4.69, 9.17) is 4.98 Å². The topological polar surface area (TPSA) is 46.4 Å². The second kappa shape index (κ2) is 5.05. The van der Waals surface area contributed by atoms with Crippen LogP contribution in [0, 0.1) is 0 Å². The maximum Gasteiger partial charge on any atom is 0.264 e. The number of imidazole rings is 1. The fraction of sp³-hybridized carbons (Fsp3) is 0.0476. The molecule has 0 saturated heterocycles. The minimum atomic E-state index is -0.0253. The summed E-state index contributed by atoms with van der Waals surface area (Å²) in [5, 5.41) is 7.05. The fourth-order valence-electron chi connectivity index (χ4n) is 3.64. The van der Waals surface area contributed by atoms with Crippen LogP contribution in [0.1, 0.15) is 0 Å². The van der Waals surface area contributed by atoms with E-state index in [-0.39, 0.29) is 5.56 Å². The Morgan fingerprint density at radius 3 is 2.72 bits per heavy atom. The van der Waals surface area contributed by atoms with Gasteiger partial charge in [-0.15, -0.1) is 6.58 Å². The van der Waals surface area contributed by atoms with Crippen molar-refractivity contribution in [2.45, 2.75) is 0 Å². The monoisotopic (exact) mass is 325 g/mol. The number of fused-ring (bicyclic) bond motifs is 4. The molecule has 0 bridgehead atoms. The smallest absolute Gasteiger partial charge is 0.264 e. The molecule has 0 aliphatic rings. The Kier molecular flexibility index (Phi) is 2.82. The number of aromatic nitrogens is 2. The van der Waals surface area contributed by atoms with Crippen LogP contribution in [-0.2, 0) is 0 Å². The molecule has 0 aliphatic carbocycles. The summed E-state index contributed by atoms with van der Waals surface area (Å²) in [5.41, 5.74) is 3.37. The highest BCUT2D eigenvalue weighted by atomic mass is 16.1. The van der Waals surface area contributed by atoms with Crippen molar-refractivity contribution in [2.24, 2.45) is 0 Å². The van der Waals surface area contributed by atoms with Gasteiger partial charge in [-0.05, 0) is 30.3 Å². The largest absolute Gasteiger partial charge is 0.381 e. The van der Waals surface area contributed by atoms with E-state index in [1.807, 2.05) is 60.7 Å². The van der Waals surface area contributed by atoms with Gasteiger partial charge >= 0.3 is 0 Å². The van der Waals surface area contributed by atoms with E-state index in [1.165, 1.54) is 0 Å². The zero-order valence-corrected chi connectivity index (χ0v) is 13.5. The van der Waals surface area contributed by atoms with Gasteiger partial charge in [0, 0.05) is 33.8 Å². The number of para-hydroxylation sites is 2. The highest BCUT2D eigenvalue weighted by Gasteiger charge is 2.16. The predicted octanol–water partition coefficient (Wildman–Crippen LogP) is 4.19. The van der Waals surface area contributed by atoms with Crippen LogP contribution in [0.2, 0.25) is 0 Å². The maximum atomic E-state index is 13.2. The lowest BCUT2D eigenvalue weighted by molar-refractivity contribution is 1.19. The van der Waals surface area contributed by atoms with E-state index in [9.17, 15) is 4.79 Å². The summed E-state index contributed by atoms with van der Waals surface area (Å²) >= 11 is 0. The lowest BCUT2D eigenvalue weighted by Crippen LogP contribution is -2.13. The predicted molar refractivity (Wildman–Crippen MR) is 104 cm³/mol. The van der Waals surface area contributed by atoms with Gasteiger partial charge in [0.1, 0.15) is 5.65 Å². The molecular formula is C21H15N3O. The zero-order chi connectivity index (χ0) is 17.0. The van der Waals surface area contributed by atoms with E-state index < -0.39 is 0 Å². The van der Waals surface area contributed by atoms with E-state index in [1.54, 1.807) is 4.40 Å². The summed E-state index contributed by atoms with van der Waals surface area (Å²) in [4.78, 5) is 17.9. The first-order valence-electron chi connectivity index (χ1n) is 8.22. The number of pyridine rings is 1. The van der Waals surface area contributed by atoms with Crippen LogP contribution in [0.3, 0.4) is 0 Å². The first-order chi connectivity index (χ1) is 12.3. The number of hydrogen-bond donors (Lipinski definition) is 1. The second-order valence-corrected chi connectivity index (χ2v) is 6.12. The van der Waals surface area contributed by atoms with Gasteiger partial charge in [0.25, 0.3) is 5.56 Å². The van der Waals surface area contributed by atoms with Crippen LogP contribution in [0.25, 0.3) is 38.2 Å². The molecule has 2 heterocycles. The molecule has 0 radical (unpaired) electrons. The quantitative estimate of drug-likeness (QED) is 0.506. The first-order valence-corrected chi connectivity index (χ1v) is 8.22. The minimum Gasteiger partial charge on any atom is -0.381 e. The molecule has 0 amide bonds. The fourth-order valence-corrected chi connectivity index (χ4v) is 3.64. The van der Waals surface area contributed by atoms with E-state index >= 15 is 0 Å². The third-order valence-corrected chi connectivity index (χ3v) is 4.71. The second-order valence-electron chi connectivity index (χ2n) is 6.12. The average molecular weight is 325 g/mol. The molecule has 0 atom stereocenters. The lowest BCUT2D eigenvalue weighted by Gasteiger charge is -2.12. The molecule has 4 nitrogen and oxygen atoms in total. The Hall–Kier alpha value is -3.40. The highest BCUT2D eigenvalue weighted by molar-refractivity contribution is 6.18. The third-order valence-electron chi connectivity index (χ3n) is 4.71. The van der Waals surface area contributed by atoms with Gasteiger partial charge in [-0.25, -0.2) is 4.98 Å². The third kappa shape index (κ3) is 1.82. The van der Waals surface area contributed by atoms with Gasteiger partial charge in [-0.1, -0.05) is 30.3 Å².